The van der Waals surface area contributed by atoms with Crippen molar-refractivity contribution in [1.82, 2.24) is 19.7 Å². The van der Waals surface area contributed by atoms with Crippen LogP contribution in [0, 0.1) is 0 Å². The molecule has 0 saturated heterocycles. The summed E-state index contributed by atoms with van der Waals surface area (Å²) < 4.78 is 1.79. The Kier molecular flexibility index (Phi) is 3.79. The van der Waals surface area contributed by atoms with E-state index < -0.39 is 0 Å². The van der Waals surface area contributed by atoms with Gasteiger partial charge in [-0.05, 0) is 36.6 Å². The van der Waals surface area contributed by atoms with Crippen molar-refractivity contribution >= 4 is 23.3 Å². The van der Waals surface area contributed by atoms with E-state index in [4.69, 9.17) is 16.7 Å². The zero-order chi connectivity index (χ0) is 18.4. The number of nitrogens with zero attached hydrogens (tertiary/aromatic N) is 4. The Balaban J connectivity index is 1.68. The van der Waals surface area contributed by atoms with Crippen molar-refractivity contribution in [2.24, 2.45) is 0 Å². The average Bonchev–Trinajstić information content (AvgIpc) is 3.11. The highest BCUT2D eigenvalue weighted by molar-refractivity contribution is 6.30. The zero-order valence-corrected chi connectivity index (χ0v) is 15.1. The fourth-order valence-electron chi connectivity index (χ4n) is 3.75. The van der Waals surface area contributed by atoms with E-state index in [0.29, 0.717) is 23.2 Å². The van der Waals surface area contributed by atoms with Gasteiger partial charge in [0.2, 0.25) is 5.95 Å². The summed E-state index contributed by atoms with van der Waals surface area (Å²) in [6, 6.07) is 11.0. The lowest BCUT2D eigenvalue weighted by molar-refractivity contribution is -0.116. The van der Waals surface area contributed by atoms with Gasteiger partial charge in [0.1, 0.15) is 6.04 Å². The fraction of sp³-hybridized carbons (Fsp3) is 0.200. The lowest BCUT2D eigenvalue weighted by atomic mass is 9.86. The van der Waals surface area contributed by atoms with Gasteiger partial charge >= 0.3 is 0 Å². The summed E-state index contributed by atoms with van der Waals surface area (Å²) in [6.45, 7) is 0. The van der Waals surface area contributed by atoms with Gasteiger partial charge in [-0.25, -0.2) is 4.68 Å². The van der Waals surface area contributed by atoms with E-state index in [1.54, 1.807) is 17.1 Å². The molecule has 0 amide bonds. The lowest BCUT2D eigenvalue weighted by Crippen LogP contribution is -2.31. The SMILES string of the molecule is O=C1CCCC2=C1C(c1cccnc1)n1nc(-c3cccc(Cl)c3)nc1N2. The van der Waals surface area contributed by atoms with Crippen LogP contribution in [0.4, 0.5) is 5.95 Å². The summed E-state index contributed by atoms with van der Waals surface area (Å²) in [5, 5.41) is 8.67. The second-order valence-electron chi connectivity index (χ2n) is 6.70. The van der Waals surface area contributed by atoms with Crippen molar-refractivity contribution < 1.29 is 4.79 Å². The standard InChI is InChI=1S/C20H16ClN5O/c21-14-6-1-4-12(10-14)19-24-20-23-15-7-2-8-16(27)17(15)18(26(20)25-19)13-5-3-9-22-11-13/h1,3-6,9-11,18H,2,7-8H2,(H,23,24,25). The molecule has 0 fully saturated rings. The number of ketones is 1. The fourth-order valence-corrected chi connectivity index (χ4v) is 3.94. The van der Waals surface area contributed by atoms with Gasteiger partial charge < -0.3 is 5.32 Å². The summed E-state index contributed by atoms with van der Waals surface area (Å²) in [5.74, 6) is 1.36. The number of nitrogens with one attached hydrogen (secondary N) is 1. The lowest BCUT2D eigenvalue weighted by Gasteiger charge is -2.31. The number of carbonyl (C=O) groups is 1. The minimum Gasteiger partial charge on any atom is -0.328 e. The molecule has 2 aromatic heterocycles. The van der Waals surface area contributed by atoms with E-state index in [1.807, 2.05) is 36.4 Å². The van der Waals surface area contributed by atoms with Gasteiger partial charge in [0.15, 0.2) is 11.6 Å². The van der Waals surface area contributed by atoms with Gasteiger partial charge in [-0.3, -0.25) is 9.78 Å². The molecule has 1 aliphatic heterocycles. The number of hydrogen-bond donors (Lipinski definition) is 1. The molecule has 3 heterocycles. The average molecular weight is 378 g/mol. The minimum atomic E-state index is -0.321. The molecular formula is C20H16ClN5O. The Morgan fingerprint density at radius 2 is 2.11 bits per heavy atom. The van der Waals surface area contributed by atoms with Gasteiger partial charge in [0, 0.05) is 40.7 Å². The molecule has 27 heavy (non-hydrogen) atoms. The molecule has 0 saturated carbocycles. The topological polar surface area (TPSA) is 72.7 Å². The van der Waals surface area contributed by atoms with E-state index >= 15 is 0 Å². The highest BCUT2D eigenvalue weighted by Crippen LogP contribution is 2.40. The maximum absolute atomic E-state index is 12.7. The molecule has 1 unspecified atom stereocenters. The number of pyridine rings is 1. The summed E-state index contributed by atoms with van der Waals surface area (Å²) in [7, 11) is 0. The van der Waals surface area contributed by atoms with Gasteiger partial charge in [-0.2, -0.15) is 4.98 Å². The Bertz CT molecular complexity index is 1070. The third kappa shape index (κ3) is 2.73. The van der Waals surface area contributed by atoms with Crippen LogP contribution >= 0.6 is 11.6 Å². The van der Waals surface area contributed by atoms with Crippen LogP contribution in [0.5, 0.6) is 0 Å². The van der Waals surface area contributed by atoms with Gasteiger partial charge in [-0.1, -0.05) is 29.8 Å². The number of fused-ring (bicyclic) bond motifs is 1. The first-order valence-corrected chi connectivity index (χ1v) is 9.24. The Labute approximate surface area is 160 Å². The van der Waals surface area contributed by atoms with Crippen molar-refractivity contribution in [3.63, 3.8) is 0 Å². The van der Waals surface area contributed by atoms with Crippen LogP contribution in [-0.2, 0) is 4.79 Å². The molecule has 0 bridgehead atoms. The molecule has 1 atom stereocenters. The highest BCUT2D eigenvalue weighted by atomic mass is 35.5. The van der Waals surface area contributed by atoms with Crippen LogP contribution in [0.15, 0.2) is 60.1 Å². The van der Waals surface area contributed by atoms with E-state index in [0.717, 1.165) is 35.2 Å². The second kappa shape index (κ2) is 6.32. The van der Waals surface area contributed by atoms with Gasteiger partial charge in [-0.15, -0.1) is 5.10 Å². The van der Waals surface area contributed by atoms with Crippen molar-refractivity contribution in [2.75, 3.05) is 5.32 Å². The predicted molar refractivity (Wildman–Crippen MR) is 102 cm³/mol. The maximum atomic E-state index is 12.7. The molecular weight excluding hydrogens is 362 g/mol. The van der Waals surface area contributed by atoms with Crippen molar-refractivity contribution in [3.8, 4) is 11.4 Å². The van der Waals surface area contributed by atoms with Crippen LogP contribution in [0.3, 0.4) is 0 Å². The predicted octanol–water partition coefficient (Wildman–Crippen LogP) is 4.02. The van der Waals surface area contributed by atoms with Crippen molar-refractivity contribution in [1.29, 1.82) is 0 Å². The van der Waals surface area contributed by atoms with Crippen LogP contribution in [-0.4, -0.2) is 25.5 Å². The van der Waals surface area contributed by atoms with Crippen LogP contribution < -0.4 is 5.32 Å². The molecule has 5 rings (SSSR count). The number of anilines is 1. The number of hydrogen-bond acceptors (Lipinski definition) is 5. The van der Waals surface area contributed by atoms with Gasteiger partial charge in [0.25, 0.3) is 0 Å². The second-order valence-corrected chi connectivity index (χ2v) is 7.13. The number of benzene rings is 1. The molecule has 7 heteroatoms. The van der Waals surface area contributed by atoms with Crippen LogP contribution in [0.2, 0.25) is 5.02 Å². The van der Waals surface area contributed by atoms with E-state index in [-0.39, 0.29) is 11.8 Å². The number of Topliss-reactive ketones (excluding diaryl/α,β-unsaturated/α-hetero) is 1. The first-order chi connectivity index (χ1) is 13.2. The molecule has 134 valence electrons. The molecule has 1 aromatic carbocycles. The molecule has 3 aromatic rings. The molecule has 1 aliphatic carbocycles. The van der Waals surface area contributed by atoms with Crippen LogP contribution in [0.25, 0.3) is 11.4 Å². The number of carbonyl (C=O) groups excluding carboxylic acids is 1. The quantitative estimate of drug-likeness (QED) is 0.730. The number of halogens is 1. The molecule has 1 N–H and O–H groups in total. The molecule has 6 nitrogen and oxygen atoms in total. The third-order valence-corrected chi connectivity index (χ3v) is 5.19. The molecule has 0 radical (unpaired) electrons. The first kappa shape index (κ1) is 16.2. The Hall–Kier alpha value is -2.99. The molecule has 2 aliphatic rings. The van der Waals surface area contributed by atoms with Gasteiger partial charge in [0.05, 0.1) is 0 Å². The molecule has 0 spiro atoms. The van der Waals surface area contributed by atoms with E-state index in [9.17, 15) is 4.79 Å². The summed E-state index contributed by atoms with van der Waals surface area (Å²) in [5.41, 5.74) is 3.47. The normalized spacial score (nSPS) is 18.7. The third-order valence-electron chi connectivity index (χ3n) is 4.95. The highest BCUT2D eigenvalue weighted by Gasteiger charge is 2.36. The van der Waals surface area contributed by atoms with E-state index in [2.05, 4.69) is 15.3 Å². The monoisotopic (exact) mass is 377 g/mol. The van der Waals surface area contributed by atoms with Crippen LogP contribution in [0.1, 0.15) is 30.9 Å². The van der Waals surface area contributed by atoms with Crippen molar-refractivity contribution in [3.05, 3.63) is 70.6 Å². The largest absolute Gasteiger partial charge is 0.328 e. The number of aromatic nitrogens is 4. The summed E-state index contributed by atoms with van der Waals surface area (Å²) in [4.78, 5) is 21.7. The Morgan fingerprint density at radius 1 is 1.19 bits per heavy atom. The van der Waals surface area contributed by atoms with E-state index in [1.165, 1.54) is 0 Å². The zero-order valence-electron chi connectivity index (χ0n) is 14.4. The smallest absolute Gasteiger partial charge is 0.226 e. The first-order valence-electron chi connectivity index (χ1n) is 8.86. The number of rotatable bonds is 2. The summed E-state index contributed by atoms with van der Waals surface area (Å²) >= 11 is 6.13. The number of allylic oxidation sites excluding steroid dienone is 2. The van der Waals surface area contributed by atoms with Crippen molar-refractivity contribution in [2.45, 2.75) is 25.3 Å². The maximum Gasteiger partial charge on any atom is 0.226 e. The minimum absolute atomic E-state index is 0.156. The summed E-state index contributed by atoms with van der Waals surface area (Å²) in [6.07, 6.45) is 5.74. The Morgan fingerprint density at radius 3 is 2.93 bits per heavy atom.